The highest BCUT2D eigenvalue weighted by atomic mass is 16.5. The van der Waals surface area contributed by atoms with Crippen molar-refractivity contribution in [3.63, 3.8) is 0 Å². The quantitative estimate of drug-likeness (QED) is 0.895. The van der Waals surface area contributed by atoms with Gasteiger partial charge in [-0.15, -0.1) is 0 Å². The molecule has 4 nitrogen and oxygen atoms in total. The fourth-order valence-corrected chi connectivity index (χ4v) is 4.25. The summed E-state index contributed by atoms with van der Waals surface area (Å²) in [6.45, 7) is 4.82. The number of nitrogens with one attached hydrogen (secondary N) is 1. The van der Waals surface area contributed by atoms with Gasteiger partial charge in [0.15, 0.2) is 0 Å². The van der Waals surface area contributed by atoms with E-state index in [2.05, 4.69) is 36.5 Å². The van der Waals surface area contributed by atoms with Gasteiger partial charge in [0.25, 0.3) is 5.91 Å². The van der Waals surface area contributed by atoms with E-state index in [0.717, 1.165) is 51.7 Å². The van der Waals surface area contributed by atoms with Crippen LogP contribution in [-0.2, 0) is 16.0 Å². The number of morpholine rings is 1. The SMILES string of the molecule is CCN1CC2(CCCCC2)OC2(CC2)C1=O.CNCCc1ccccc1. The highest BCUT2D eigenvalue weighted by Gasteiger charge is 2.61. The molecule has 0 unspecified atom stereocenters. The van der Waals surface area contributed by atoms with Gasteiger partial charge in [0.2, 0.25) is 0 Å². The zero-order chi connectivity index (χ0) is 18.5. The van der Waals surface area contributed by atoms with Crippen LogP contribution in [0, 0.1) is 0 Å². The van der Waals surface area contributed by atoms with Crippen LogP contribution >= 0.6 is 0 Å². The summed E-state index contributed by atoms with van der Waals surface area (Å²) in [4.78, 5) is 14.2. The molecule has 1 aromatic rings. The number of hydrogen-bond donors (Lipinski definition) is 1. The van der Waals surface area contributed by atoms with Gasteiger partial charge in [-0.05, 0) is 58.2 Å². The zero-order valence-electron chi connectivity index (χ0n) is 16.4. The Labute approximate surface area is 158 Å². The first-order valence-electron chi connectivity index (χ1n) is 10.3. The molecule has 144 valence electrons. The molecule has 1 saturated heterocycles. The maximum absolute atomic E-state index is 12.2. The average Bonchev–Trinajstić information content (AvgIpc) is 3.45. The van der Waals surface area contributed by atoms with Crippen LogP contribution in [-0.4, -0.2) is 48.7 Å². The molecule has 1 aromatic carbocycles. The lowest BCUT2D eigenvalue weighted by atomic mass is 9.82. The molecule has 4 rings (SSSR count). The Morgan fingerprint density at radius 1 is 1.08 bits per heavy atom. The van der Waals surface area contributed by atoms with Crippen molar-refractivity contribution in [2.75, 3.05) is 26.7 Å². The van der Waals surface area contributed by atoms with Crippen LogP contribution in [0.15, 0.2) is 30.3 Å². The molecule has 2 saturated carbocycles. The van der Waals surface area contributed by atoms with E-state index >= 15 is 0 Å². The summed E-state index contributed by atoms with van der Waals surface area (Å²) < 4.78 is 6.27. The van der Waals surface area contributed by atoms with E-state index in [1.54, 1.807) is 0 Å². The van der Waals surface area contributed by atoms with Gasteiger partial charge in [-0.1, -0.05) is 49.6 Å². The summed E-state index contributed by atoms with van der Waals surface area (Å²) >= 11 is 0. The number of benzene rings is 1. The fraction of sp³-hybridized carbons (Fsp3) is 0.682. The summed E-state index contributed by atoms with van der Waals surface area (Å²) in [6.07, 6.45) is 9.18. The highest BCUT2D eigenvalue weighted by molar-refractivity contribution is 5.89. The number of likely N-dealkylation sites (N-methyl/N-ethyl adjacent to an activating group) is 2. The lowest BCUT2D eigenvalue weighted by Gasteiger charge is -2.48. The van der Waals surface area contributed by atoms with Crippen molar-refractivity contribution in [1.82, 2.24) is 10.2 Å². The van der Waals surface area contributed by atoms with Crippen LogP contribution < -0.4 is 5.32 Å². The second kappa shape index (κ2) is 8.53. The number of carbonyl (C=O) groups excluding carboxylic acids is 1. The second-order valence-corrected chi connectivity index (χ2v) is 8.00. The van der Waals surface area contributed by atoms with Crippen LogP contribution in [0.2, 0.25) is 0 Å². The molecule has 0 radical (unpaired) electrons. The van der Waals surface area contributed by atoms with E-state index in [-0.39, 0.29) is 17.1 Å². The molecule has 1 amide bonds. The molecule has 0 aromatic heterocycles. The number of ether oxygens (including phenoxy) is 1. The third kappa shape index (κ3) is 4.47. The Balaban J connectivity index is 0.000000170. The van der Waals surface area contributed by atoms with E-state index in [4.69, 9.17) is 4.74 Å². The average molecular weight is 359 g/mol. The predicted molar refractivity (Wildman–Crippen MR) is 105 cm³/mol. The molecule has 1 N–H and O–H groups in total. The monoisotopic (exact) mass is 358 g/mol. The zero-order valence-corrected chi connectivity index (χ0v) is 16.4. The lowest BCUT2D eigenvalue weighted by molar-refractivity contribution is -0.197. The maximum atomic E-state index is 12.2. The standard InChI is InChI=1S/C13H21NO2.C9H13N/c1-2-14-10-12(6-4-3-5-7-12)16-13(8-9-13)11(14)15;1-10-8-7-9-5-3-2-4-6-9/h2-10H2,1H3;2-6,10H,7-8H2,1H3. The van der Waals surface area contributed by atoms with Crippen LogP contribution in [0.3, 0.4) is 0 Å². The first-order chi connectivity index (χ1) is 12.6. The summed E-state index contributed by atoms with van der Waals surface area (Å²) in [5.41, 5.74) is 1.03. The number of amides is 1. The van der Waals surface area contributed by atoms with Crippen LogP contribution in [0.25, 0.3) is 0 Å². The molecule has 3 aliphatic rings. The van der Waals surface area contributed by atoms with E-state index < -0.39 is 0 Å². The Hall–Kier alpha value is -1.39. The van der Waals surface area contributed by atoms with Crippen molar-refractivity contribution in [1.29, 1.82) is 0 Å². The Morgan fingerprint density at radius 3 is 2.35 bits per heavy atom. The number of carbonyl (C=O) groups is 1. The van der Waals surface area contributed by atoms with Crippen molar-refractivity contribution in [2.24, 2.45) is 0 Å². The van der Waals surface area contributed by atoms with Gasteiger partial charge >= 0.3 is 0 Å². The minimum atomic E-state index is -0.383. The van der Waals surface area contributed by atoms with Gasteiger partial charge in [-0.2, -0.15) is 0 Å². The summed E-state index contributed by atoms with van der Waals surface area (Å²) in [7, 11) is 1.98. The second-order valence-electron chi connectivity index (χ2n) is 8.00. The molecule has 1 heterocycles. The lowest BCUT2D eigenvalue weighted by Crippen LogP contribution is -2.60. The van der Waals surface area contributed by atoms with Gasteiger partial charge in [-0.25, -0.2) is 0 Å². The molecule has 1 aliphatic heterocycles. The summed E-state index contributed by atoms with van der Waals surface area (Å²) in [6, 6.07) is 10.5. The topological polar surface area (TPSA) is 41.6 Å². The summed E-state index contributed by atoms with van der Waals surface area (Å²) in [5.74, 6) is 0.256. The highest BCUT2D eigenvalue weighted by Crippen LogP contribution is 2.50. The minimum Gasteiger partial charge on any atom is -0.357 e. The van der Waals surface area contributed by atoms with E-state index in [0.29, 0.717) is 0 Å². The molecular formula is C22H34N2O2. The fourth-order valence-electron chi connectivity index (χ4n) is 4.25. The van der Waals surface area contributed by atoms with Gasteiger partial charge in [0, 0.05) is 13.1 Å². The first kappa shape index (κ1) is 19.4. The minimum absolute atomic E-state index is 0.0126. The first-order valence-corrected chi connectivity index (χ1v) is 10.3. The third-order valence-corrected chi connectivity index (χ3v) is 5.92. The number of nitrogens with zero attached hydrogens (tertiary/aromatic N) is 1. The molecular weight excluding hydrogens is 324 g/mol. The van der Waals surface area contributed by atoms with Gasteiger partial charge < -0.3 is 15.0 Å². The molecule has 2 aliphatic carbocycles. The van der Waals surface area contributed by atoms with Gasteiger partial charge in [0.1, 0.15) is 5.60 Å². The van der Waals surface area contributed by atoms with Crippen LogP contribution in [0.1, 0.15) is 57.4 Å². The molecule has 3 fully saturated rings. The summed E-state index contributed by atoms with van der Waals surface area (Å²) in [5, 5.41) is 3.12. The molecule has 26 heavy (non-hydrogen) atoms. The van der Waals surface area contributed by atoms with Crippen molar-refractivity contribution in [3.8, 4) is 0 Å². The third-order valence-electron chi connectivity index (χ3n) is 5.92. The van der Waals surface area contributed by atoms with E-state index in [1.807, 2.05) is 18.0 Å². The van der Waals surface area contributed by atoms with Crippen molar-refractivity contribution >= 4 is 5.91 Å². The van der Waals surface area contributed by atoms with Gasteiger partial charge in [-0.3, -0.25) is 4.79 Å². The smallest absolute Gasteiger partial charge is 0.254 e. The van der Waals surface area contributed by atoms with Crippen LogP contribution in [0.5, 0.6) is 0 Å². The normalized spacial score (nSPS) is 22.8. The largest absolute Gasteiger partial charge is 0.357 e. The van der Waals surface area contributed by atoms with E-state index in [1.165, 1.54) is 24.8 Å². The molecule has 4 heteroatoms. The van der Waals surface area contributed by atoms with Crippen LogP contribution in [0.4, 0.5) is 0 Å². The predicted octanol–water partition coefficient (Wildman–Crippen LogP) is 3.55. The van der Waals surface area contributed by atoms with Gasteiger partial charge in [0.05, 0.1) is 5.60 Å². The van der Waals surface area contributed by atoms with Crippen molar-refractivity contribution in [2.45, 2.75) is 69.5 Å². The Kier molecular flexibility index (Phi) is 6.36. The van der Waals surface area contributed by atoms with E-state index in [9.17, 15) is 4.79 Å². The Bertz CT molecular complexity index is 577. The van der Waals surface area contributed by atoms with Crippen molar-refractivity contribution < 1.29 is 9.53 Å². The molecule has 0 bridgehead atoms. The number of hydrogen-bond acceptors (Lipinski definition) is 3. The Morgan fingerprint density at radius 2 is 1.77 bits per heavy atom. The maximum Gasteiger partial charge on any atom is 0.254 e. The molecule has 2 spiro atoms. The van der Waals surface area contributed by atoms with Crippen molar-refractivity contribution in [3.05, 3.63) is 35.9 Å². The number of rotatable bonds is 4. The molecule has 0 atom stereocenters.